The van der Waals surface area contributed by atoms with Gasteiger partial charge in [-0.1, -0.05) is 24.2 Å². The minimum absolute atomic E-state index is 0.0478. The van der Waals surface area contributed by atoms with Crippen molar-refractivity contribution in [3.8, 4) is 22.9 Å². The van der Waals surface area contributed by atoms with Gasteiger partial charge in [0, 0.05) is 17.3 Å². The van der Waals surface area contributed by atoms with Gasteiger partial charge in [0.05, 0.1) is 18.7 Å². The van der Waals surface area contributed by atoms with Crippen molar-refractivity contribution in [2.45, 2.75) is 19.6 Å². The van der Waals surface area contributed by atoms with E-state index in [4.69, 9.17) is 14.0 Å². The first-order valence-corrected chi connectivity index (χ1v) is 10.2. The predicted octanol–water partition coefficient (Wildman–Crippen LogP) is 3.99. The third-order valence-electron chi connectivity index (χ3n) is 4.92. The maximum Gasteiger partial charge on any atom is 0.416 e. The summed E-state index contributed by atoms with van der Waals surface area (Å²) >= 11 is 0. The van der Waals surface area contributed by atoms with Crippen molar-refractivity contribution in [3.05, 3.63) is 53.9 Å². The molecule has 0 radical (unpaired) electrons. The van der Waals surface area contributed by atoms with E-state index in [2.05, 4.69) is 15.5 Å². The topological polar surface area (TPSA) is 89.7 Å². The highest BCUT2D eigenvalue weighted by atomic mass is 19.4. The molecule has 0 unspecified atom stereocenters. The Bertz CT molecular complexity index is 1130. The van der Waals surface area contributed by atoms with Crippen molar-refractivity contribution in [2.24, 2.45) is 0 Å². The standard InChI is InChI=1S/C22H21F3N4O4/c1-2-29(12-19(30)26-16-6-7-17-18(11-16)32-9-8-31-17)13-20-27-21(28-33-20)14-4-3-5-15(10-14)22(23,24)25/h3-7,10-11H,2,8-9,12-13H2,1H3,(H,26,30). The second-order valence-electron chi connectivity index (χ2n) is 7.30. The number of ether oxygens (including phenoxy) is 2. The lowest BCUT2D eigenvalue weighted by Crippen LogP contribution is -2.32. The van der Waals surface area contributed by atoms with Crippen LogP contribution in [0, 0.1) is 0 Å². The van der Waals surface area contributed by atoms with Crippen molar-refractivity contribution in [2.75, 3.05) is 31.6 Å². The van der Waals surface area contributed by atoms with Crippen LogP contribution in [0.25, 0.3) is 11.4 Å². The Morgan fingerprint density at radius 1 is 1.12 bits per heavy atom. The van der Waals surface area contributed by atoms with Crippen LogP contribution in [0.15, 0.2) is 47.0 Å². The number of halogens is 3. The predicted molar refractivity (Wildman–Crippen MR) is 112 cm³/mol. The molecule has 174 valence electrons. The Labute approximate surface area is 187 Å². The van der Waals surface area contributed by atoms with Crippen LogP contribution >= 0.6 is 0 Å². The third kappa shape index (κ3) is 5.61. The summed E-state index contributed by atoms with van der Waals surface area (Å²) in [7, 11) is 0. The normalized spacial score (nSPS) is 13.2. The number of likely N-dealkylation sites (N-methyl/N-ethyl adjacent to an activating group) is 1. The molecule has 4 rings (SSSR count). The highest BCUT2D eigenvalue weighted by Gasteiger charge is 2.30. The summed E-state index contributed by atoms with van der Waals surface area (Å²) in [4.78, 5) is 18.4. The van der Waals surface area contributed by atoms with Gasteiger partial charge in [-0.15, -0.1) is 0 Å². The van der Waals surface area contributed by atoms with E-state index in [-0.39, 0.29) is 36.3 Å². The molecule has 0 atom stereocenters. The molecule has 0 saturated carbocycles. The zero-order valence-corrected chi connectivity index (χ0v) is 17.7. The number of hydrogen-bond acceptors (Lipinski definition) is 7. The summed E-state index contributed by atoms with van der Waals surface area (Å²) in [5.74, 6) is 1.18. The fourth-order valence-electron chi connectivity index (χ4n) is 3.27. The van der Waals surface area contributed by atoms with Gasteiger partial charge in [0.25, 0.3) is 0 Å². The summed E-state index contributed by atoms with van der Waals surface area (Å²) < 4.78 is 55.0. The molecule has 0 fully saturated rings. The number of hydrogen-bond donors (Lipinski definition) is 1. The smallest absolute Gasteiger partial charge is 0.416 e. The van der Waals surface area contributed by atoms with Gasteiger partial charge in [0.2, 0.25) is 17.6 Å². The Morgan fingerprint density at radius 3 is 2.67 bits per heavy atom. The number of anilines is 1. The molecule has 8 nitrogen and oxygen atoms in total. The number of carbonyl (C=O) groups is 1. The van der Waals surface area contributed by atoms with Crippen LogP contribution in [0.3, 0.4) is 0 Å². The molecule has 3 aromatic rings. The zero-order valence-electron chi connectivity index (χ0n) is 17.7. The van der Waals surface area contributed by atoms with Gasteiger partial charge in [-0.05, 0) is 30.8 Å². The van der Waals surface area contributed by atoms with E-state index in [0.717, 1.165) is 12.1 Å². The first kappa shape index (κ1) is 22.6. The third-order valence-corrected chi connectivity index (χ3v) is 4.92. The highest BCUT2D eigenvalue weighted by Crippen LogP contribution is 2.33. The fraction of sp³-hybridized carbons (Fsp3) is 0.318. The fourth-order valence-corrected chi connectivity index (χ4v) is 3.27. The van der Waals surface area contributed by atoms with E-state index in [1.54, 1.807) is 23.1 Å². The number of fused-ring (bicyclic) bond motifs is 1. The van der Waals surface area contributed by atoms with Gasteiger partial charge < -0.3 is 19.3 Å². The van der Waals surface area contributed by atoms with Crippen molar-refractivity contribution in [3.63, 3.8) is 0 Å². The molecule has 2 heterocycles. The van der Waals surface area contributed by atoms with E-state index in [9.17, 15) is 18.0 Å². The molecule has 1 aromatic heterocycles. The molecule has 0 saturated heterocycles. The first-order valence-electron chi connectivity index (χ1n) is 10.2. The number of benzene rings is 2. The van der Waals surface area contributed by atoms with Crippen LogP contribution in [0.4, 0.5) is 18.9 Å². The lowest BCUT2D eigenvalue weighted by molar-refractivity contribution is -0.137. The molecule has 0 bridgehead atoms. The molecule has 1 aliphatic rings. The lowest BCUT2D eigenvalue weighted by Gasteiger charge is -2.20. The molecular formula is C22H21F3N4O4. The van der Waals surface area contributed by atoms with Crippen LogP contribution in [0.1, 0.15) is 18.4 Å². The summed E-state index contributed by atoms with van der Waals surface area (Å²) in [6.45, 7) is 3.51. The molecule has 11 heteroatoms. The number of carbonyl (C=O) groups excluding carboxylic acids is 1. The number of aromatic nitrogens is 2. The molecule has 2 aromatic carbocycles. The highest BCUT2D eigenvalue weighted by molar-refractivity contribution is 5.92. The average molecular weight is 462 g/mol. The zero-order chi connectivity index (χ0) is 23.4. The van der Waals surface area contributed by atoms with Gasteiger partial charge in [0.1, 0.15) is 13.2 Å². The maximum atomic E-state index is 12.9. The second kappa shape index (κ2) is 9.49. The van der Waals surface area contributed by atoms with Crippen molar-refractivity contribution < 1.29 is 32.0 Å². The Balaban J connectivity index is 1.37. The molecule has 1 amide bonds. The van der Waals surface area contributed by atoms with Crippen molar-refractivity contribution in [1.29, 1.82) is 0 Å². The van der Waals surface area contributed by atoms with E-state index in [1.807, 2.05) is 6.92 Å². The van der Waals surface area contributed by atoms with Gasteiger partial charge in [0.15, 0.2) is 11.5 Å². The summed E-state index contributed by atoms with van der Waals surface area (Å²) in [6.07, 6.45) is -4.47. The molecule has 0 aliphatic carbocycles. The summed E-state index contributed by atoms with van der Waals surface area (Å²) in [5, 5.41) is 6.58. The van der Waals surface area contributed by atoms with Crippen molar-refractivity contribution in [1.82, 2.24) is 15.0 Å². The van der Waals surface area contributed by atoms with E-state index < -0.39 is 11.7 Å². The number of rotatable bonds is 7. The molecular weight excluding hydrogens is 441 g/mol. The Hall–Kier alpha value is -3.60. The van der Waals surface area contributed by atoms with E-state index in [0.29, 0.717) is 36.9 Å². The van der Waals surface area contributed by atoms with Crippen LogP contribution in [-0.2, 0) is 17.5 Å². The van der Waals surface area contributed by atoms with Crippen LogP contribution < -0.4 is 14.8 Å². The quantitative estimate of drug-likeness (QED) is 0.568. The van der Waals surface area contributed by atoms with Crippen molar-refractivity contribution >= 4 is 11.6 Å². The largest absolute Gasteiger partial charge is 0.486 e. The number of amides is 1. The lowest BCUT2D eigenvalue weighted by atomic mass is 10.1. The number of alkyl halides is 3. The maximum absolute atomic E-state index is 12.9. The first-order chi connectivity index (χ1) is 15.8. The van der Waals surface area contributed by atoms with Crippen LogP contribution in [0.2, 0.25) is 0 Å². The second-order valence-corrected chi connectivity index (χ2v) is 7.30. The van der Waals surface area contributed by atoms with Gasteiger partial charge in [-0.25, -0.2) is 0 Å². The van der Waals surface area contributed by atoms with Gasteiger partial charge in [-0.2, -0.15) is 18.2 Å². The summed E-state index contributed by atoms with van der Waals surface area (Å²) in [5.41, 5.74) is -0.0264. The molecule has 1 N–H and O–H groups in total. The van der Waals surface area contributed by atoms with Crippen LogP contribution in [-0.4, -0.2) is 47.3 Å². The van der Waals surface area contributed by atoms with Crippen LogP contribution in [0.5, 0.6) is 11.5 Å². The minimum Gasteiger partial charge on any atom is -0.486 e. The average Bonchev–Trinajstić information content (AvgIpc) is 3.26. The Morgan fingerprint density at radius 2 is 1.91 bits per heavy atom. The summed E-state index contributed by atoms with van der Waals surface area (Å²) in [6, 6.07) is 9.85. The molecule has 0 spiro atoms. The number of nitrogens with zero attached hydrogens (tertiary/aromatic N) is 3. The Kier molecular flexibility index (Phi) is 6.50. The molecule has 1 aliphatic heterocycles. The van der Waals surface area contributed by atoms with E-state index in [1.165, 1.54) is 12.1 Å². The van der Waals surface area contributed by atoms with Gasteiger partial charge >= 0.3 is 6.18 Å². The molecule has 33 heavy (non-hydrogen) atoms. The van der Waals surface area contributed by atoms with Gasteiger partial charge in [-0.3, -0.25) is 9.69 Å². The minimum atomic E-state index is -4.47. The number of nitrogens with one attached hydrogen (secondary N) is 1. The van der Waals surface area contributed by atoms with E-state index >= 15 is 0 Å². The SMILES string of the molecule is CCN(CC(=O)Nc1ccc2c(c1)OCCO2)Cc1nc(-c2cccc(C(F)(F)F)c2)no1. The monoisotopic (exact) mass is 462 g/mol.